The summed E-state index contributed by atoms with van der Waals surface area (Å²) in [6.07, 6.45) is 4.71. The summed E-state index contributed by atoms with van der Waals surface area (Å²) in [5, 5.41) is 9.61. The number of para-hydroxylation sites is 1. The summed E-state index contributed by atoms with van der Waals surface area (Å²) in [5.41, 5.74) is 1.75. The predicted octanol–water partition coefficient (Wildman–Crippen LogP) is 4.35. The fourth-order valence-electron chi connectivity index (χ4n) is 1.89. The van der Waals surface area contributed by atoms with Crippen molar-refractivity contribution in [2.45, 2.75) is 40.0 Å². The van der Waals surface area contributed by atoms with Gasteiger partial charge in [-0.3, -0.25) is 4.79 Å². The van der Waals surface area contributed by atoms with Crippen molar-refractivity contribution >= 4 is 5.78 Å². The van der Waals surface area contributed by atoms with Crippen LogP contribution in [-0.2, 0) is 0 Å². The number of carbonyl (C=O) groups is 1. The van der Waals surface area contributed by atoms with Crippen LogP contribution in [0.25, 0.3) is 0 Å². The van der Waals surface area contributed by atoms with E-state index in [4.69, 9.17) is 0 Å². The van der Waals surface area contributed by atoms with Crippen LogP contribution < -0.4 is 0 Å². The average Bonchev–Trinajstić information content (AvgIpc) is 2.28. The van der Waals surface area contributed by atoms with E-state index in [0.29, 0.717) is 17.9 Å². The lowest BCUT2D eigenvalue weighted by Gasteiger charge is -2.10. The molecule has 1 atom stereocenters. The van der Waals surface area contributed by atoms with Gasteiger partial charge < -0.3 is 5.11 Å². The van der Waals surface area contributed by atoms with Crippen LogP contribution >= 0.6 is 0 Å². The number of benzene rings is 1. The molecule has 2 nitrogen and oxygen atoms in total. The number of hydrogen-bond acceptors (Lipinski definition) is 2. The molecule has 2 heteroatoms. The molecule has 0 spiro atoms. The van der Waals surface area contributed by atoms with Crippen LogP contribution in [0.4, 0.5) is 0 Å². The maximum atomic E-state index is 12.0. The zero-order chi connectivity index (χ0) is 13.5. The maximum absolute atomic E-state index is 12.0. The van der Waals surface area contributed by atoms with Gasteiger partial charge in [0.05, 0.1) is 5.56 Å². The second kappa shape index (κ2) is 7.00. The number of carbonyl (C=O) groups excluding carboxylic acids is 1. The van der Waals surface area contributed by atoms with Gasteiger partial charge in [0.25, 0.3) is 0 Å². The van der Waals surface area contributed by atoms with Crippen LogP contribution in [0.15, 0.2) is 35.9 Å². The highest BCUT2D eigenvalue weighted by atomic mass is 16.3. The Hall–Kier alpha value is -1.57. The number of ketones is 1. The minimum atomic E-state index is 0.0257. The lowest BCUT2D eigenvalue weighted by atomic mass is 9.95. The van der Waals surface area contributed by atoms with E-state index in [9.17, 15) is 9.90 Å². The first-order valence-corrected chi connectivity index (χ1v) is 6.45. The minimum Gasteiger partial charge on any atom is -0.507 e. The van der Waals surface area contributed by atoms with E-state index in [0.717, 1.165) is 12.8 Å². The highest BCUT2D eigenvalue weighted by Gasteiger charge is 2.13. The molecule has 0 bridgehead atoms. The number of aromatic hydroxyl groups is 1. The van der Waals surface area contributed by atoms with E-state index in [2.05, 4.69) is 26.8 Å². The topological polar surface area (TPSA) is 37.3 Å². The molecule has 1 aromatic rings. The quantitative estimate of drug-likeness (QED) is 0.598. The Morgan fingerprint density at radius 2 is 2.00 bits per heavy atom. The number of phenols is 1. The molecule has 1 aromatic carbocycles. The Labute approximate surface area is 109 Å². The van der Waals surface area contributed by atoms with Crippen molar-refractivity contribution < 1.29 is 9.90 Å². The fourth-order valence-corrected chi connectivity index (χ4v) is 1.89. The molecular weight excluding hydrogens is 224 g/mol. The molecule has 1 unspecified atom stereocenters. The van der Waals surface area contributed by atoms with E-state index < -0.39 is 0 Å². The van der Waals surface area contributed by atoms with Gasteiger partial charge in [0.15, 0.2) is 5.78 Å². The molecule has 0 saturated carbocycles. The Kier molecular flexibility index (Phi) is 5.63. The van der Waals surface area contributed by atoms with Gasteiger partial charge in [0, 0.05) is 6.42 Å². The number of allylic oxidation sites excluding steroid dienone is 2. The molecule has 0 aromatic heterocycles. The van der Waals surface area contributed by atoms with Gasteiger partial charge in [0.1, 0.15) is 5.75 Å². The molecule has 0 aliphatic carbocycles. The van der Waals surface area contributed by atoms with Crippen molar-refractivity contribution in [3.63, 3.8) is 0 Å². The molecule has 98 valence electrons. The minimum absolute atomic E-state index is 0.0257. The zero-order valence-electron chi connectivity index (χ0n) is 11.4. The highest BCUT2D eigenvalue weighted by molar-refractivity contribution is 5.98. The van der Waals surface area contributed by atoms with Crippen LogP contribution in [0.2, 0.25) is 0 Å². The molecule has 0 amide bonds. The van der Waals surface area contributed by atoms with Crippen LogP contribution in [-0.4, -0.2) is 10.9 Å². The molecule has 0 heterocycles. The molecule has 18 heavy (non-hydrogen) atoms. The van der Waals surface area contributed by atoms with Crippen LogP contribution in [0.3, 0.4) is 0 Å². The summed E-state index contributed by atoms with van der Waals surface area (Å²) in [6, 6.07) is 6.74. The van der Waals surface area contributed by atoms with Gasteiger partial charge in [-0.25, -0.2) is 0 Å². The zero-order valence-corrected chi connectivity index (χ0v) is 11.4. The summed E-state index contributed by atoms with van der Waals surface area (Å²) in [6.45, 7) is 6.24. The Morgan fingerprint density at radius 1 is 1.33 bits per heavy atom. The number of phenolic OH excluding ortho intramolecular Hbond substituents is 1. The lowest BCUT2D eigenvalue weighted by molar-refractivity contribution is 0.0960. The van der Waals surface area contributed by atoms with E-state index in [-0.39, 0.29) is 11.5 Å². The molecule has 0 aliphatic rings. The first kappa shape index (κ1) is 14.5. The van der Waals surface area contributed by atoms with Crippen LogP contribution in [0, 0.1) is 5.92 Å². The smallest absolute Gasteiger partial charge is 0.166 e. The first-order chi connectivity index (χ1) is 8.50. The predicted molar refractivity (Wildman–Crippen MR) is 74.9 cm³/mol. The molecule has 0 radical (unpaired) electrons. The summed E-state index contributed by atoms with van der Waals surface area (Å²) < 4.78 is 0. The molecular formula is C16H22O2. The van der Waals surface area contributed by atoms with Crippen LogP contribution in [0.1, 0.15) is 50.4 Å². The van der Waals surface area contributed by atoms with Gasteiger partial charge in [-0.1, -0.05) is 30.7 Å². The average molecular weight is 246 g/mol. The normalized spacial score (nSPS) is 11.9. The third-order valence-electron chi connectivity index (χ3n) is 2.95. The first-order valence-electron chi connectivity index (χ1n) is 6.45. The van der Waals surface area contributed by atoms with Gasteiger partial charge in [-0.15, -0.1) is 0 Å². The second-order valence-electron chi connectivity index (χ2n) is 5.11. The van der Waals surface area contributed by atoms with Gasteiger partial charge in [-0.05, 0) is 44.7 Å². The third-order valence-corrected chi connectivity index (χ3v) is 2.95. The maximum Gasteiger partial charge on any atom is 0.166 e. The summed E-state index contributed by atoms with van der Waals surface area (Å²) >= 11 is 0. The van der Waals surface area contributed by atoms with E-state index in [1.165, 1.54) is 5.57 Å². The molecule has 0 saturated heterocycles. The third kappa shape index (κ3) is 4.74. The molecule has 0 fully saturated rings. The van der Waals surface area contributed by atoms with Gasteiger partial charge in [0.2, 0.25) is 0 Å². The standard InChI is InChI=1S/C16H22O2/c1-12(2)7-6-8-13(3)11-16(18)14-9-4-5-10-15(14)17/h4-5,7,9-10,13,17H,6,8,11H2,1-3H3. The molecule has 0 aliphatic heterocycles. The fraction of sp³-hybridized carbons (Fsp3) is 0.438. The molecule has 1 rings (SSSR count). The summed E-state index contributed by atoms with van der Waals surface area (Å²) in [4.78, 5) is 12.0. The Bertz CT molecular complexity index is 428. The van der Waals surface area contributed by atoms with Crippen LogP contribution in [0.5, 0.6) is 5.75 Å². The Morgan fingerprint density at radius 3 is 2.61 bits per heavy atom. The lowest BCUT2D eigenvalue weighted by Crippen LogP contribution is -2.06. The highest BCUT2D eigenvalue weighted by Crippen LogP contribution is 2.21. The summed E-state index contributed by atoms with van der Waals surface area (Å²) in [7, 11) is 0. The summed E-state index contributed by atoms with van der Waals surface area (Å²) in [5.74, 6) is 0.449. The van der Waals surface area contributed by atoms with Gasteiger partial charge >= 0.3 is 0 Å². The number of hydrogen-bond donors (Lipinski definition) is 1. The van der Waals surface area contributed by atoms with E-state index >= 15 is 0 Å². The monoisotopic (exact) mass is 246 g/mol. The van der Waals surface area contributed by atoms with Crippen molar-refractivity contribution in [2.75, 3.05) is 0 Å². The van der Waals surface area contributed by atoms with E-state index in [1.807, 2.05) is 0 Å². The van der Waals surface area contributed by atoms with Crippen molar-refractivity contribution in [2.24, 2.45) is 5.92 Å². The van der Waals surface area contributed by atoms with Crippen molar-refractivity contribution in [3.05, 3.63) is 41.5 Å². The van der Waals surface area contributed by atoms with Crippen molar-refractivity contribution in [1.29, 1.82) is 0 Å². The second-order valence-corrected chi connectivity index (χ2v) is 5.11. The van der Waals surface area contributed by atoms with E-state index in [1.54, 1.807) is 24.3 Å². The number of Topliss-reactive ketones (excluding diaryl/α,β-unsaturated/α-hetero) is 1. The SMILES string of the molecule is CC(C)=CCCC(C)CC(=O)c1ccccc1O. The largest absolute Gasteiger partial charge is 0.507 e. The number of rotatable bonds is 6. The Balaban J connectivity index is 2.50. The van der Waals surface area contributed by atoms with Gasteiger partial charge in [-0.2, -0.15) is 0 Å². The molecule has 1 N–H and O–H groups in total. The van der Waals surface area contributed by atoms with Crippen molar-refractivity contribution in [1.82, 2.24) is 0 Å². The van der Waals surface area contributed by atoms with Crippen molar-refractivity contribution in [3.8, 4) is 5.75 Å².